The van der Waals surface area contributed by atoms with Crippen LogP contribution in [0.25, 0.3) is 0 Å². The summed E-state index contributed by atoms with van der Waals surface area (Å²) in [7, 11) is 0. The molecule has 98 valence electrons. The van der Waals surface area contributed by atoms with Crippen LogP contribution in [0.4, 0.5) is 4.39 Å². The summed E-state index contributed by atoms with van der Waals surface area (Å²) in [6.45, 7) is 0.194. The molecule has 0 saturated heterocycles. The zero-order chi connectivity index (χ0) is 13.2. The van der Waals surface area contributed by atoms with E-state index in [1.54, 1.807) is 0 Å². The number of hydrogen-bond acceptors (Lipinski definition) is 2. The van der Waals surface area contributed by atoms with Gasteiger partial charge >= 0.3 is 0 Å². The van der Waals surface area contributed by atoms with Crippen LogP contribution in [-0.4, -0.2) is 23.2 Å². The molecule has 1 fully saturated rings. The van der Waals surface area contributed by atoms with E-state index >= 15 is 0 Å². The molecule has 0 unspecified atom stereocenters. The van der Waals surface area contributed by atoms with Gasteiger partial charge in [0.2, 0.25) is 0 Å². The first-order valence-electron chi connectivity index (χ1n) is 5.95. The molecule has 3 nitrogen and oxygen atoms in total. The first-order chi connectivity index (χ1) is 8.48. The van der Waals surface area contributed by atoms with Gasteiger partial charge in [-0.1, -0.05) is 24.4 Å². The Balaban J connectivity index is 1.99. The lowest BCUT2D eigenvalue weighted by atomic mass is 10.0. The predicted molar refractivity (Wildman–Crippen MR) is 67.2 cm³/mol. The van der Waals surface area contributed by atoms with Crippen molar-refractivity contribution >= 4 is 17.5 Å². The average molecular weight is 272 g/mol. The summed E-state index contributed by atoms with van der Waals surface area (Å²) in [6.07, 6.45) is 3.32. The standard InChI is InChI=1S/C13H15ClFNO2/c14-10-5-9(6-11(15)7-10)12(17)16-8-13(18)3-1-2-4-13/h5-7,18H,1-4,8H2,(H,16,17). The first-order valence-corrected chi connectivity index (χ1v) is 6.33. The summed E-state index contributed by atoms with van der Waals surface area (Å²) in [4.78, 5) is 11.8. The van der Waals surface area contributed by atoms with Crippen LogP contribution in [0.3, 0.4) is 0 Å². The van der Waals surface area contributed by atoms with Crippen LogP contribution < -0.4 is 5.32 Å². The van der Waals surface area contributed by atoms with Gasteiger partial charge in [-0.3, -0.25) is 4.79 Å². The van der Waals surface area contributed by atoms with Crippen LogP contribution in [0.5, 0.6) is 0 Å². The summed E-state index contributed by atoms with van der Waals surface area (Å²) in [6, 6.07) is 3.67. The second-order valence-corrected chi connectivity index (χ2v) is 5.21. The minimum atomic E-state index is -0.813. The molecular weight excluding hydrogens is 257 g/mol. The fraction of sp³-hybridized carbons (Fsp3) is 0.462. The first kappa shape index (κ1) is 13.3. The number of carbonyl (C=O) groups excluding carboxylic acids is 1. The molecule has 2 rings (SSSR count). The lowest BCUT2D eigenvalue weighted by molar-refractivity contribution is 0.0449. The van der Waals surface area contributed by atoms with Gasteiger partial charge in [-0.2, -0.15) is 0 Å². The highest BCUT2D eigenvalue weighted by Crippen LogP contribution is 2.28. The molecule has 1 aromatic rings. The van der Waals surface area contributed by atoms with Gasteiger partial charge in [0.1, 0.15) is 5.82 Å². The van der Waals surface area contributed by atoms with Crippen molar-refractivity contribution in [2.75, 3.05) is 6.54 Å². The number of nitrogens with one attached hydrogen (secondary N) is 1. The number of rotatable bonds is 3. The zero-order valence-electron chi connectivity index (χ0n) is 9.88. The Kier molecular flexibility index (Phi) is 3.88. The Bertz CT molecular complexity index is 438. The molecule has 0 bridgehead atoms. The van der Waals surface area contributed by atoms with E-state index in [2.05, 4.69) is 5.32 Å². The van der Waals surface area contributed by atoms with E-state index in [-0.39, 0.29) is 17.1 Å². The third-order valence-electron chi connectivity index (χ3n) is 3.24. The normalized spacial score (nSPS) is 17.7. The maximum Gasteiger partial charge on any atom is 0.251 e. The van der Waals surface area contributed by atoms with Crippen molar-refractivity contribution < 1.29 is 14.3 Å². The summed E-state index contributed by atoms with van der Waals surface area (Å²) < 4.78 is 13.1. The molecule has 5 heteroatoms. The predicted octanol–water partition coefficient (Wildman–Crippen LogP) is 2.51. The summed E-state index contributed by atoms with van der Waals surface area (Å²) >= 11 is 5.68. The highest BCUT2D eigenvalue weighted by Gasteiger charge is 2.31. The molecule has 0 radical (unpaired) electrons. The Morgan fingerprint density at radius 2 is 2.06 bits per heavy atom. The van der Waals surface area contributed by atoms with E-state index in [9.17, 15) is 14.3 Å². The van der Waals surface area contributed by atoms with Gasteiger partial charge in [0.05, 0.1) is 5.60 Å². The molecule has 1 amide bonds. The van der Waals surface area contributed by atoms with Crippen molar-refractivity contribution in [1.82, 2.24) is 5.32 Å². The molecule has 0 atom stereocenters. The van der Waals surface area contributed by atoms with Crippen molar-refractivity contribution in [3.63, 3.8) is 0 Å². The maximum absolute atomic E-state index is 13.1. The van der Waals surface area contributed by atoms with E-state index < -0.39 is 17.3 Å². The van der Waals surface area contributed by atoms with Crippen molar-refractivity contribution in [2.45, 2.75) is 31.3 Å². The minimum Gasteiger partial charge on any atom is -0.388 e. The van der Waals surface area contributed by atoms with E-state index in [1.807, 2.05) is 0 Å². The number of hydrogen-bond donors (Lipinski definition) is 2. The second-order valence-electron chi connectivity index (χ2n) is 4.77. The minimum absolute atomic E-state index is 0.168. The molecule has 0 aliphatic heterocycles. The van der Waals surface area contributed by atoms with E-state index in [0.29, 0.717) is 12.8 Å². The highest BCUT2D eigenvalue weighted by atomic mass is 35.5. The molecule has 1 aromatic carbocycles. The fourth-order valence-corrected chi connectivity index (χ4v) is 2.46. The Labute approximate surface area is 110 Å². The van der Waals surface area contributed by atoms with Crippen molar-refractivity contribution in [1.29, 1.82) is 0 Å². The van der Waals surface area contributed by atoms with Crippen LogP contribution in [-0.2, 0) is 0 Å². The maximum atomic E-state index is 13.1. The number of aliphatic hydroxyl groups is 1. The number of halogens is 2. The lowest BCUT2D eigenvalue weighted by Crippen LogP contribution is -2.40. The van der Waals surface area contributed by atoms with Crippen LogP contribution in [0.1, 0.15) is 36.0 Å². The van der Waals surface area contributed by atoms with Gasteiger partial charge in [-0.25, -0.2) is 4.39 Å². The van der Waals surface area contributed by atoms with E-state index in [1.165, 1.54) is 6.07 Å². The van der Waals surface area contributed by atoms with Gasteiger partial charge in [-0.15, -0.1) is 0 Å². The van der Waals surface area contributed by atoms with Crippen LogP contribution in [0.2, 0.25) is 5.02 Å². The molecule has 18 heavy (non-hydrogen) atoms. The zero-order valence-corrected chi connectivity index (χ0v) is 10.6. The smallest absolute Gasteiger partial charge is 0.251 e. The molecule has 0 aromatic heterocycles. The summed E-state index contributed by atoms with van der Waals surface area (Å²) in [5.74, 6) is -0.969. The quantitative estimate of drug-likeness (QED) is 0.887. The molecular formula is C13H15ClFNO2. The average Bonchev–Trinajstić information content (AvgIpc) is 2.72. The van der Waals surface area contributed by atoms with Gasteiger partial charge in [0.15, 0.2) is 0 Å². The van der Waals surface area contributed by atoms with Crippen LogP contribution in [0, 0.1) is 5.82 Å². The van der Waals surface area contributed by atoms with E-state index in [0.717, 1.165) is 25.0 Å². The monoisotopic (exact) mass is 271 g/mol. The number of carbonyl (C=O) groups is 1. The third kappa shape index (κ3) is 3.21. The van der Waals surface area contributed by atoms with E-state index in [4.69, 9.17) is 11.6 Å². The molecule has 1 saturated carbocycles. The van der Waals surface area contributed by atoms with Gasteiger partial charge in [0.25, 0.3) is 5.91 Å². The molecule has 0 spiro atoms. The summed E-state index contributed by atoms with van der Waals surface area (Å²) in [5, 5.41) is 12.9. The lowest BCUT2D eigenvalue weighted by Gasteiger charge is -2.22. The van der Waals surface area contributed by atoms with Crippen molar-refractivity contribution in [3.05, 3.63) is 34.6 Å². The third-order valence-corrected chi connectivity index (χ3v) is 3.46. The number of amides is 1. The summed E-state index contributed by atoms with van der Waals surface area (Å²) in [5.41, 5.74) is -0.645. The SMILES string of the molecule is O=C(NCC1(O)CCCC1)c1cc(F)cc(Cl)c1. The Morgan fingerprint density at radius 3 is 2.67 bits per heavy atom. The molecule has 2 N–H and O–H groups in total. The van der Waals surface area contributed by atoms with Gasteiger partial charge < -0.3 is 10.4 Å². The topological polar surface area (TPSA) is 49.3 Å². The fourth-order valence-electron chi connectivity index (χ4n) is 2.24. The van der Waals surface area contributed by atoms with Crippen molar-refractivity contribution in [3.8, 4) is 0 Å². The molecule has 1 aliphatic carbocycles. The Morgan fingerprint density at radius 1 is 1.39 bits per heavy atom. The molecule has 1 aliphatic rings. The van der Waals surface area contributed by atoms with Crippen molar-refractivity contribution in [2.24, 2.45) is 0 Å². The Hall–Kier alpha value is -1.13. The molecule has 0 heterocycles. The van der Waals surface area contributed by atoms with Crippen LogP contribution >= 0.6 is 11.6 Å². The highest BCUT2D eigenvalue weighted by molar-refractivity contribution is 6.31. The van der Waals surface area contributed by atoms with Gasteiger partial charge in [-0.05, 0) is 31.0 Å². The largest absolute Gasteiger partial charge is 0.388 e. The second kappa shape index (κ2) is 5.24. The van der Waals surface area contributed by atoms with Gasteiger partial charge in [0, 0.05) is 17.1 Å². The van der Waals surface area contributed by atoms with Crippen LogP contribution in [0.15, 0.2) is 18.2 Å². The number of benzene rings is 1.